The molecule has 1 aliphatic heterocycles. The molecule has 2 rings (SSSR count). The van der Waals surface area contributed by atoms with Crippen molar-refractivity contribution in [1.29, 1.82) is 0 Å². The van der Waals surface area contributed by atoms with Gasteiger partial charge in [0, 0.05) is 6.54 Å². The average Bonchev–Trinajstić information content (AvgIpc) is 2.69. The van der Waals surface area contributed by atoms with Crippen LogP contribution < -0.4 is 5.32 Å². The molecule has 0 aliphatic carbocycles. The SMILES string of the molecule is c1nc(CO[C@H]2CCCNC2)co1. The molecule has 1 fully saturated rings. The Balaban J connectivity index is 1.72. The third kappa shape index (κ3) is 2.54. The maximum atomic E-state index is 5.64. The Morgan fingerprint density at radius 3 is 3.38 bits per heavy atom. The van der Waals surface area contributed by atoms with Crippen molar-refractivity contribution >= 4 is 0 Å². The van der Waals surface area contributed by atoms with Gasteiger partial charge in [-0.1, -0.05) is 0 Å². The quantitative estimate of drug-likeness (QED) is 0.755. The lowest BCUT2D eigenvalue weighted by Crippen LogP contribution is -2.35. The monoisotopic (exact) mass is 182 g/mol. The summed E-state index contributed by atoms with van der Waals surface area (Å²) in [6.45, 7) is 2.63. The van der Waals surface area contributed by atoms with Crippen LogP contribution in [0.1, 0.15) is 18.5 Å². The minimum absolute atomic E-state index is 0.338. The maximum absolute atomic E-state index is 5.64. The number of oxazole rings is 1. The average molecular weight is 182 g/mol. The molecule has 0 spiro atoms. The molecule has 1 atom stereocenters. The summed E-state index contributed by atoms with van der Waals surface area (Å²) in [5.41, 5.74) is 0.866. The van der Waals surface area contributed by atoms with E-state index >= 15 is 0 Å². The van der Waals surface area contributed by atoms with Crippen molar-refractivity contribution in [2.75, 3.05) is 13.1 Å². The van der Waals surface area contributed by atoms with Gasteiger partial charge < -0.3 is 14.5 Å². The zero-order valence-electron chi connectivity index (χ0n) is 7.53. The molecular formula is C9H14N2O2. The van der Waals surface area contributed by atoms with Crippen molar-refractivity contribution in [2.45, 2.75) is 25.6 Å². The highest BCUT2D eigenvalue weighted by Crippen LogP contribution is 2.08. The van der Waals surface area contributed by atoms with Gasteiger partial charge in [0.25, 0.3) is 0 Å². The first-order chi connectivity index (χ1) is 6.45. The van der Waals surface area contributed by atoms with Crippen molar-refractivity contribution in [2.24, 2.45) is 0 Å². The smallest absolute Gasteiger partial charge is 0.180 e. The summed E-state index contributed by atoms with van der Waals surface area (Å²) in [6.07, 6.45) is 5.73. The summed E-state index contributed by atoms with van der Waals surface area (Å²) in [5, 5.41) is 3.30. The number of piperidine rings is 1. The maximum Gasteiger partial charge on any atom is 0.180 e. The van der Waals surface area contributed by atoms with Gasteiger partial charge in [0.1, 0.15) is 12.0 Å². The van der Waals surface area contributed by atoms with Gasteiger partial charge in [-0.25, -0.2) is 4.98 Å². The van der Waals surface area contributed by atoms with Crippen molar-refractivity contribution in [1.82, 2.24) is 10.3 Å². The molecule has 4 heteroatoms. The van der Waals surface area contributed by atoms with E-state index in [1.54, 1.807) is 6.26 Å². The Morgan fingerprint density at radius 1 is 1.69 bits per heavy atom. The number of hydrogen-bond donors (Lipinski definition) is 1. The summed E-state index contributed by atoms with van der Waals surface area (Å²) in [6, 6.07) is 0. The van der Waals surface area contributed by atoms with Crippen LogP contribution in [0.4, 0.5) is 0 Å². The summed E-state index contributed by atoms with van der Waals surface area (Å²) in [7, 11) is 0. The van der Waals surface area contributed by atoms with Gasteiger partial charge >= 0.3 is 0 Å². The van der Waals surface area contributed by atoms with Crippen LogP contribution in [0.3, 0.4) is 0 Å². The Labute approximate surface area is 77.3 Å². The topological polar surface area (TPSA) is 47.3 Å². The van der Waals surface area contributed by atoms with Crippen LogP contribution in [-0.4, -0.2) is 24.2 Å². The van der Waals surface area contributed by atoms with Crippen LogP contribution >= 0.6 is 0 Å². The van der Waals surface area contributed by atoms with Crippen LogP contribution in [0, 0.1) is 0 Å². The molecular weight excluding hydrogens is 168 g/mol. The first-order valence-corrected chi connectivity index (χ1v) is 4.64. The molecule has 0 amide bonds. The van der Waals surface area contributed by atoms with Crippen LogP contribution in [0.2, 0.25) is 0 Å². The molecule has 0 aromatic carbocycles. The van der Waals surface area contributed by atoms with Crippen LogP contribution in [0.25, 0.3) is 0 Å². The molecule has 1 aromatic rings. The summed E-state index contributed by atoms with van der Waals surface area (Å²) in [4.78, 5) is 3.99. The fourth-order valence-electron chi connectivity index (χ4n) is 1.47. The molecule has 0 radical (unpaired) electrons. The number of nitrogens with one attached hydrogen (secondary N) is 1. The zero-order valence-corrected chi connectivity index (χ0v) is 7.53. The summed E-state index contributed by atoms with van der Waals surface area (Å²) >= 11 is 0. The lowest BCUT2D eigenvalue weighted by Gasteiger charge is -2.22. The number of rotatable bonds is 3. The van der Waals surface area contributed by atoms with Gasteiger partial charge in [0.15, 0.2) is 6.39 Å². The molecule has 1 aromatic heterocycles. The van der Waals surface area contributed by atoms with E-state index in [9.17, 15) is 0 Å². The van der Waals surface area contributed by atoms with Crippen LogP contribution in [0.5, 0.6) is 0 Å². The third-order valence-corrected chi connectivity index (χ3v) is 2.20. The predicted molar refractivity (Wildman–Crippen MR) is 47.2 cm³/mol. The summed E-state index contributed by atoms with van der Waals surface area (Å²) in [5.74, 6) is 0. The van der Waals surface area contributed by atoms with Crippen LogP contribution in [-0.2, 0) is 11.3 Å². The fourth-order valence-corrected chi connectivity index (χ4v) is 1.47. The molecule has 0 saturated carbocycles. The highest BCUT2D eigenvalue weighted by Gasteiger charge is 2.13. The van der Waals surface area contributed by atoms with Crippen molar-refractivity contribution in [3.63, 3.8) is 0 Å². The second kappa shape index (κ2) is 4.39. The Bertz CT molecular complexity index is 230. The number of nitrogens with zero attached hydrogens (tertiary/aromatic N) is 1. The minimum Gasteiger partial charge on any atom is -0.451 e. The highest BCUT2D eigenvalue weighted by atomic mass is 16.5. The second-order valence-corrected chi connectivity index (χ2v) is 3.26. The zero-order chi connectivity index (χ0) is 8.93. The van der Waals surface area contributed by atoms with Gasteiger partial charge in [-0.05, 0) is 19.4 Å². The third-order valence-electron chi connectivity index (χ3n) is 2.20. The molecule has 1 N–H and O–H groups in total. The van der Waals surface area contributed by atoms with E-state index in [1.807, 2.05) is 0 Å². The van der Waals surface area contributed by atoms with E-state index < -0.39 is 0 Å². The standard InChI is InChI=1S/C9H14N2O2/c1-2-9(4-10-3-1)13-6-8-5-12-7-11-8/h5,7,9-10H,1-4,6H2/t9-/m0/s1. The highest BCUT2D eigenvalue weighted by molar-refractivity contribution is 4.88. The van der Waals surface area contributed by atoms with Gasteiger partial charge in [0.05, 0.1) is 12.7 Å². The van der Waals surface area contributed by atoms with E-state index in [2.05, 4.69) is 10.3 Å². The predicted octanol–water partition coefficient (Wildman–Crippen LogP) is 0.943. The molecule has 1 aliphatic rings. The molecule has 13 heavy (non-hydrogen) atoms. The Morgan fingerprint density at radius 2 is 2.69 bits per heavy atom. The minimum atomic E-state index is 0.338. The summed E-state index contributed by atoms with van der Waals surface area (Å²) < 4.78 is 10.5. The lowest BCUT2D eigenvalue weighted by molar-refractivity contribution is 0.0236. The van der Waals surface area contributed by atoms with Gasteiger partial charge in [-0.15, -0.1) is 0 Å². The van der Waals surface area contributed by atoms with Gasteiger partial charge in [-0.3, -0.25) is 0 Å². The van der Waals surface area contributed by atoms with Crippen LogP contribution in [0.15, 0.2) is 17.1 Å². The molecule has 4 nitrogen and oxygen atoms in total. The Hall–Kier alpha value is -0.870. The van der Waals surface area contributed by atoms with E-state index in [1.165, 1.54) is 12.8 Å². The van der Waals surface area contributed by atoms with Crippen molar-refractivity contribution < 1.29 is 9.15 Å². The van der Waals surface area contributed by atoms with Gasteiger partial charge in [-0.2, -0.15) is 0 Å². The molecule has 0 bridgehead atoms. The second-order valence-electron chi connectivity index (χ2n) is 3.26. The Kier molecular flexibility index (Phi) is 2.94. The first-order valence-electron chi connectivity index (χ1n) is 4.64. The first kappa shape index (κ1) is 8.72. The largest absolute Gasteiger partial charge is 0.451 e. The number of aromatic nitrogens is 1. The normalized spacial score (nSPS) is 23.2. The van der Waals surface area contributed by atoms with E-state index in [0.717, 1.165) is 25.2 Å². The molecule has 2 heterocycles. The van der Waals surface area contributed by atoms with E-state index in [-0.39, 0.29) is 0 Å². The molecule has 0 unspecified atom stereocenters. The molecule has 72 valence electrons. The molecule has 1 saturated heterocycles. The lowest BCUT2D eigenvalue weighted by atomic mass is 10.1. The van der Waals surface area contributed by atoms with Gasteiger partial charge in [0.2, 0.25) is 0 Å². The van der Waals surface area contributed by atoms with E-state index in [4.69, 9.17) is 9.15 Å². The van der Waals surface area contributed by atoms with Crippen molar-refractivity contribution in [3.8, 4) is 0 Å². The fraction of sp³-hybridized carbons (Fsp3) is 0.667. The van der Waals surface area contributed by atoms with E-state index in [0.29, 0.717) is 12.7 Å². The van der Waals surface area contributed by atoms with Crippen molar-refractivity contribution in [3.05, 3.63) is 18.4 Å². The number of hydrogen-bond acceptors (Lipinski definition) is 4. The number of ether oxygens (including phenoxy) is 1.